The van der Waals surface area contributed by atoms with Crippen molar-refractivity contribution in [2.24, 2.45) is 5.90 Å². The van der Waals surface area contributed by atoms with E-state index in [4.69, 9.17) is 5.11 Å². The number of hydrogen-bond donors (Lipinski definition) is 2. The van der Waals surface area contributed by atoms with Crippen LogP contribution in [0, 0.1) is 0 Å². The quantitative estimate of drug-likeness (QED) is 0.214. The molecule has 0 aromatic rings. The fourth-order valence-corrected chi connectivity index (χ4v) is 0.0504. The predicted molar refractivity (Wildman–Crippen MR) is 27.9 cm³/mol. The van der Waals surface area contributed by atoms with E-state index in [1.807, 2.05) is 0 Å². The highest BCUT2D eigenvalue weighted by Gasteiger charge is 2.09. The Kier molecular flexibility index (Phi) is 5.98. The smallest absolute Gasteiger partial charge is 0.435 e. The standard InChI is InChI=1S/C2H3NO4.Al.3H/c3-7-2(6)1(4)5;;;;/h3H2,(H,4,5);;;;. The average Bonchev–Trinajstić information content (AvgIpc) is 1.65. The summed E-state index contributed by atoms with van der Waals surface area (Å²) in [6.07, 6.45) is 0. The lowest BCUT2D eigenvalue weighted by molar-refractivity contribution is -0.164. The molecular formula is C2H6AlNO4. The largest absolute Gasteiger partial charge is 0.473 e. The van der Waals surface area contributed by atoms with Crippen molar-refractivity contribution in [3.63, 3.8) is 0 Å². The van der Waals surface area contributed by atoms with Gasteiger partial charge in [-0.2, -0.15) is 5.90 Å². The zero-order valence-corrected chi connectivity index (χ0v) is 3.25. The molecule has 3 N–H and O–H groups in total. The molecule has 0 radical (unpaired) electrons. The number of carbonyl (C=O) groups is 2. The van der Waals surface area contributed by atoms with Crippen LogP contribution in [0.5, 0.6) is 0 Å². The Morgan fingerprint density at radius 1 is 1.50 bits per heavy atom. The molecular weight excluding hydrogens is 129 g/mol. The first-order valence-corrected chi connectivity index (χ1v) is 1.32. The number of rotatable bonds is 0. The molecule has 0 aliphatic heterocycles. The van der Waals surface area contributed by atoms with Gasteiger partial charge >= 0.3 is 11.9 Å². The fourth-order valence-electron chi connectivity index (χ4n) is 0.0504. The topological polar surface area (TPSA) is 89.6 Å². The normalized spacial score (nSPS) is 6.62. The van der Waals surface area contributed by atoms with Gasteiger partial charge in [-0.3, -0.25) is 0 Å². The Labute approximate surface area is 55.5 Å². The van der Waals surface area contributed by atoms with E-state index in [9.17, 15) is 9.59 Å². The monoisotopic (exact) mass is 135 g/mol. The summed E-state index contributed by atoms with van der Waals surface area (Å²) in [5.41, 5.74) is 0. The lowest BCUT2D eigenvalue weighted by atomic mass is 10.7. The Balaban J connectivity index is 0. The van der Waals surface area contributed by atoms with Crippen molar-refractivity contribution in [2.75, 3.05) is 0 Å². The molecule has 0 spiro atoms. The summed E-state index contributed by atoms with van der Waals surface area (Å²) in [6, 6.07) is 0. The van der Waals surface area contributed by atoms with E-state index in [1.165, 1.54) is 0 Å². The number of carboxylic acids is 1. The summed E-state index contributed by atoms with van der Waals surface area (Å²) < 4.78 is 0. The maximum atomic E-state index is 9.56. The third-order valence-electron chi connectivity index (χ3n) is 0.282. The fraction of sp³-hybridized carbons (Fsp3) is 0. The average molecular weight is 135 g/mol. The number of hydrogen-bond acceptors (Lipinski definition) is 4. The van der Waals surface area contributed by atoms with Gasteiger partial charge in [-0.15, -0.1) is 0 Å². The first-order chi connectivity index (χ1) is 3.18. The second-order valence-corrected chi connectivity index (χ2v) is 0.710. The molecule has 46 valence electrons. The number of nitrogens with two attached hydrogens (primary N) is 1. The van der Waals surface area contributed by atoms with Gasteiger partial charge in [0.2, 0.25) is 0 Å². The molecule has 0 atom stereocenters. The molecule has 0 bridgehead atoms. The second kappa shape index (κ2) is 4.59. The molecule has 0 heterocycles. The van der Waals surface area contributed by atoms with Gasteiger partial charge in [0.25, 0.3) is 0 Å². The van der Waals surface area contributed by atoms with Crippen LogP contribution in [0.15, 0.2) is 0 Å². The molecule has 6 heteroatoms. The van der Waals surface area contributed by atoms with Crippen molar-refractivity contribution in [1.29, 1.82) is 0 Å². The second-order valence-electron chi connectivity index (χ2n) is 0.710. The van der Waals surface area contributed by atoms with Crippen LogP contribution in [-0.4, -0.2) is 34.4 Å². The number of carbonyl (C=O) groups excluding carboxylic acids is 1. The third kappa shape index (κ3) is 3.62. The molecule has 0 saturated carbocycles. The molecule has 0 aromatic heterocycles. The summed E-state index contributed by atoms with van der Waals surface area (Å²) in [7, 11) is 0. The summed E-state index contributed by atoms with van der Waals surface area (Å²) in [5.74, 6) is 0.992. The van der Waals surface area contributed by atoms with E-state index >= 15 is 0 Å². The highest BCUT2D eigenvalue weighted by Crippen LogP contribution is 1.64. The van der Waals surface area contributed by atoms with Crippen LogP contribution in [0.1, 0.15) is 0 Å². The van der Waals surface area contributed by atoms with Crippen LogP contribution in [0.4, 0.5) is 0 Å². The first kappa shape index (κ1) is 10.4. The minimum absolute atomic E-state index is 0. The summed E-state index contributed by atoms with van der Waals surface area (Å²) >= 11 is 0. The van der Waals surface area contributed by atoms with E-state index < -0.39 is 11.9 Å². The van der Waals surface area contributed by atoms with Crippen molar-refractivity contribution in [2.45, 2.75) is 0 Å². The van der Waals surface area contributed by atoms with E-state index in [0.29, 0.717) is 0 Å². The molecule has 0 rings (SSSR count). The molecule has 0 fully saturated rings. The maximum absolute atomic E-state index is 9.56. The van der Waals surface area contributed by atoms with Crippen LogP contribution in [0.2, 0.25) is 0 Å². The van der Waals surface area contributed by atoms with E-state index in [2.05, 4.69) is 10.7 Å². The summed E-state index contributed by atoms with van der Waals surface area (Å²) in [5, 5.41) is 7.63. The van der Waals surface area contributed by atoms with Crippen molar-refractivity contribution < 1.29 is 19.5 Å². The van der Waals surface area contributed by atoms with Crippen LogP contribution in [-0.2, 0) is 14.4 Å². The van der Waals surface area contributed by atoms with Crippen molar-refractivity contribution in [3.8, 4) is 0 Å². The van der Waals surface area contributed by atoms with Crippen molar-refractivity contribution in [1.82, 2.24) is 0 Å². The Morgan fingerprint density at radius 2 is 1.88 bits per heavy atom. The molecule has 0 saturated heterocycles. The Morgan fingerprint density at radius 3 is 1.88 bits per heavy atom. The first-order valence-electron chi connectivity index (χ1n) is 1.32. The lowest BCUT2D eigenvalue weighted by Gasteiger charge is -1.84. The highest BCUT2D eigenvalue weighted by atomic mass is 27.0. The number of carboxylic acid groups (broad SMARTS) is 1. The van der Waals surface area contributed by atoms with E-state index in [-0.39, 0.29) is 17.4 Å². The zero-order chi connectivity index (χ0) is 5.86. The molecule has 0 aliphatic carbocycles. The van der Waals surface area contributed by atoms with Crippen LogP contribution in [0.25, 0.3) is 0 Å². The minimum Gasteiger partial charge on any atom is -0.473 e. The highest BCUT2D eigenvalue weighted by molar-refractivity contribution is 6.28. The van der Waals surface area contributed by atoms with Gasteiger partial charge in [-0.1, -0.05) is 0 Å². The zero-order valence-electron chi connectivity index (χ0n) is 3.25. The Hall–Kier alpha value is -0.568. The molecule has 0 aliphatic rings. The van der Waals surface area contributed by atoms with Gasteiger partial charge in [0.05, 0.1) is 0 Å². The van der Waals surface area contributed by atoms with Gasteiger partial charge < -0.3 is 9.94 Å². The SMILES string of the molecule is NOC(=O)C(=O)O.[AlH3]. The number of aliphatic carboxylic acids is 1. The molecule has 0 amide bonds. The van der Waals surface area contributed by atoms with Crippen molar-refractivity contribution >= 4 is 29.3 Å². The predicted octanol–water partition coefficient (Wildman–Crippen LogP) is -2.70. The lowest BCUT2D eigenvalue weighted by Crippen LogP contribution is -2.19. The van der Waals surface area contributed by atoms with Crippen LogP contribution >= 0.6 is 0 Å². The molecule has 0 aromatic carbocycles. The summed E-state index contributed by atoms with van der Waals surface area (Å²) in [4.78, 5) is 22.2. The van der Waals surface area contributed by atoms with Gasteiger partial charge in [0.15, 0.2) is 17.4 Å². The molecule has 8 heavy (non-hydrogen) atoms. The van der Waals surface area contributed by atoms with Crippen LogP contribution < -0.4 is 5.90 Å². The van der Waals surface area contributed by atoms with Crippen LogP contribution in [0.3, 0.4) is 0 Å². The van der Waals surface area contributed by atoms with Gasteiger partial charge in [-0.05, 0) is 0 Å². The third-order valence-corrected chi connectivity index (χ3v) is 0.282. The Bertz CT molecular complexity index is 102. The van der Waals surface area contributed by atoms with Crippen molar-refractivity contribution in [3.05, 3.63) is 0 Å². The maximum Gasteiger partial charge on any atom is 0.435 e. The van der Waals surface area contributed by atoms with E-state index in [0.717, 1.165) is 0 Å². The molecule has 5 nitrogen and oxygen atoms in total. The van der Waals surface area contributed by atoms with E-state index in [1.54, 1.807) is 0 Å². The van der Waals surface area contributed by atoms with Gasteiger partial charge in [-0.25, -0.2) is 9.59 Å². The minimum atomic E-state index is -1.69. The van der Waals surface area contributed by atoms with Gasteiger partial charge in [0, 0.05) is 0 Å². The van der Waals surface area contributed by atoms with Gasteiger partial charge in [0.1, 0.15) is 0 Å². The molecule has 0 unspecified atom stereocenters. The summed E-state index contributed by atoms with van der Waals surface area (Å²) in [6.45, 7) is 0.